The molecule has 1 saturated heterocycles. The first kappa shape index (κ1) is 15.9. The average molecular weight is 354 g/mol. The number of aryl methyl sites for hydroxylation is 1. The van der Waals surface area contributed by atoms with E-state index in [0.717, 1.165) is 34.5 Å². The Kier molecular flexibility index (Phi) is 4.27. The first-order valence-corrected chi connectivity index (χ1v) is 8.63. The number of anilines is 1. The molecule has 1 aliphatic rings. The molecule has 2 aromatic rings. The molecule has 6 heteroatoms. The maximum atomic E-state index is 6.05. The summed E-state index contributed by atoms with van der Waals surface area (Å²) >= 11 is 13.5. The summed E-state index contributed by atoms with van der Waals surface area (Å²) in [6.45, 7) is 8.57. The van der Waals surface area contributed by atoms with Gasteiger partial charge in [-0.2, -0.15) is 0 Å². The van der Waals surface area contributed by atoms with E-state index in [0.29, 0.717) is 15.5 Å². The van der Waals surface area contributed by atoms with E-state index in [9.17, 15) is 0 Å². The van der Waals surface area contributed by atoms with Crippen LogP contribution in [0.2, 0.25) is 10.0 Å². The van der Waals surface area contributed by atoms with Crippen molar-refractivity contribution in [3.63, 3.8) is 0 Å². The Morgan fingerprint density at radius 3 is 2.50 bits per heavy atom. The average Bonchev–Trinajstić information content (AvgIpc) is 2.42. The molecule has 3 nitrogen and oxygen atoms in total. The molecule has 22 heavy (non-hydrogen) atoms. The molecule has 0 N–H and O–H groups in total. The van der Waals surface area contributed by atoms with Gasteiger partial charge in [0.2, 0.25) is 0 Å². The van der Waals surface area contributed by atoms with Crippen LogP contribution in [0.5, 0.6) is 0 Å². The number of benzene rings is 1. The van der Waals surface area contributed by atoms with Crippen molar-refractivity contribution in [2.24, 2.45) is 5.41 Å². The lowest BCUT2D eigenvalue weighted by atomic mass is 9.84. The van der Waals surface area contributed by atoms with E-state index in [-0.39, 0.29) is 0 Å². The van der Waals surface area contributed by atoms with Crippen LogP contribution >= 0.6 is 35.0 Å². The van der Waals surface area contributed by atoms with Crippen LogP contribution in [0.25, 0.3) is 0 Å². The van der Waals surface area contributed by atoms with Crippen LogP contribution in [-0.2, 0) is 0 Å². The highest BCUT2D eigenvalue weighted by Crippen LogP contribution is 2.35. The third-order valence-electron chi connectivity index (χ3n) is 3.56. The van der Waals surface area contributed by atoms with Crippen molar-refractivity contribution in [2.75, 3.05) is 18.0 Å². The molecule has 0 amide bonds. The minimum atomic E-state index is 0.378. The number of hydrogen-bond acceptors (Lipinski definition) is 4. The van der Waals surface area contributed by atoms with E-state index in [1.807, 2.05) is 25.3 Å². The summed E-state index contributed by atoms with van der Waals surface area (Å²) in [4.78, 5) is 12.5. The minimum Gasteiger partial charge on any atom is -0.354 e. The number of aromatic nitrogens is 2. The first-order valence-electron chi connectivity index (χ1n) is 7.06. The van der Waals surface area contributed by atoms with Crippen LogP contribution in [0.3, 0.4) is 0 Å². The zero-order chi connectivity index (χ0) is 15.9. The van der Waals surface area contributed by atoms with Crippen molar-refractivity contribution in [1.29, 1.82) is 0 Å². The molecular formula is C16H17Cl2N3S. The summed E-state index contributed by atoms with van der Waals surface area (Å²) in [7, 11) is 0. The maximum absolute atomic E-state index is 6.05. The lowest BCUT2D eigenvalue weighted by Crippen LogP contribution is -2.53. The molecule has 0 saturated carbocycles. The van der Waals surface area contributed by atoms with E-state index in [1.54, 1.807) is 17.8 Å². The Labute approximate surface area is 145 Å². The molecule has 0 atom stereocenters. The molecule has 1 aromatic heterocycles. The zero-order valence-electron chi connectivity index (χ0n) is 12.7. The van der Waals surface area contributed by atoms with Crippen molar-refractivity contribution < 1.29 is 0 Å². The third kappa shape index (κ3) is 3.34. The standard InChI is InChI=1S/C16H17Cl2N3S/c1-10-15(22-11-4-5-12(17)13(18)6-11)19-7-14(20-10)21-8-16(2,3)9-21/h4-7H,8-9H2,1-3H3. The molecule has 1 aromatic carbocycles. The van der Waals surface area contributed by atoms with Crippen LogP contribution in [0.1, 0.15) is 19.5 Å². The number of rotatable bonds is 3. The third-order valence-corrected chi connectivity index (χ3v) is 5.38. The Balaban J connectivity index is 1.76. The highest BCUT2D eigenvalue weighted by atomic mass is 35.5. The van der Waals surface area contributed by atoms with Gasteiger partial charge in [-0.3, -0.25) is 0 Å². The van der Waals surface area contributed by atoms with Gasteiger partial charge in [-0.15, -0.1) is 0 Å². The van der Waals surface area contributed by atoms with Gasteiger partial charge in [-0.25, -0.2) is 9.97 Å². The second-order valence-corrected chi connectivity index (χ2v) is 8.19. The zero-order valence-corrected chi connectivity index (χ0v) is 15.1. The lowest BCUT2D eigenvalue weighted by Gasteiger charge is -2.46. The van der Waals surface area contributed by atoms with Gasteiger partial charge in [-0.05, 0) is 30.5 Å². The van der Waals surface area contributed by atoms with Crippen molar-refractivity contribution in [3.8, 4) is 0 Å². The van der Waals surface area contributed by atoms with Crippen molar-refractivity contribution in [3.05, 3.63) is 40.1 Å². The molecule has 0 radical (unpaired) electrons. The monoisotopic (exact) mass is 353 g/mol. The van der Waals surface area contributed by atoms with Crippen molar-refractivity contribution >= 4 is 40.8 Å². The van der Waals surface area contributed by atoms with Crippen LogP contribution in [0.15, 0.2) is 34.3 Å². The predicted octanol–water partition coefficient (Wildman–Crippen LogP) is 5.09. The largest absolute Gasteiger partial charge is 0.354 e. The Bertz CT molecular complexity index is 711. The van der Waals surface area contributed by atoms with Gasteiger partial charge in [0, 0.05) is 18.0 Å². The van der Waals surface area contributed by atoms with Gasteiger partial charge in [-0.1, -0.05) is 48.8 Å². The molecular weight excluding hydrogens is 337 g/mol. The van der Waals surface area contributed by atoms with Gasteiger partial charge in [0.05, 0.1) is 21.9 Å². The summed E-state index contributed by atoms with van der Waals surface area (Å²) in [6.07, 6.45) is 1.85. The molecule has 1 fully saturated rings. The molecule has 1 aliphatic heterocycles. The second kappa shape index (κ2) is 5.91. The fourth-order valence-corrected chi connectivity index (χ4v) is 3.71. The fourth-order valence-electron chi connectivity index (χ4n) is 2.51. The Morgan fingerprint density at radius 1 is 1.18 bits per heavy atom. The van der Waals surface area contributed by atoms with Crippen LogP contribution in [0, 0.1) is 12.3 Å². The number of nitrogens with zero attached hydrogens (tertiary/aromatic N) is 3. The first-order chi connectivity index (χ1) is 10.3. The SMILES string of the molecule is Cc1nc(N2CC(C)(C)C2)cnc1Sc1ccc(Cl)c(Cl)c1. The van der Waals surface area contributed by atoms with Crippen molar-refractivity contribution in [2.45, 2.75) is 30.7 Å². The summed E-state index contributed by atoms with van der Waals surface area (Å²) in [6, 6.07) is 5.58. The predicted molar refractivity (Wildman–Crippen MR) is 93.3 cm³/mol. The summed E-state index contributed by atoms with van der Waals surface area (Å²) < 4.78 is 0. The van der Waals surface area contributed by atoms with E-state index >= 15 is 0 Å². The summed E-state index contributed by atoms with van der Waals surface area (Å²) in [5.74, 6) is 0.954. The lowest BCUT2D eigenvalue weighted by molar-refractivity contribution is 0.274. The van der Waals surface area contributed by atoms with Gasteiger partial charge in [0.15, 0.2) is 0 Å². The van der Waals surface area contributed by atoms with E-state index in [1.165, 1.54) is 0 Å². The summed E-state index contributed by atoms with van der Waals surface area (Å²) in [5, 5.41) is 2.00. The molecule has 0 aliphatic carbocycles. The molecule has 2 heterocycles. The normalized spacial score (nSPS) is 16.5. The minimum absolute atomic E-state index is 0.378. The smallest absolute Gasteiger partial charge is 0.147 e. The summed E-state index contributed by atoms with van der Waals surface area (Å²) in [5.41, 5.74) is 1.31. The quantitative estimate of drug-likeness (QED) is 0.768. The van der Waals surface area contributed by atoms with Crippen LogP contribution in [0.4, 0.5) is 5.82 Å². The van der Waals surface area contributed by atoms with Gasteiger partial charge >= 0.3 is 0 Å². The van der Waals surface area contributed by atoms with Crippen LogP contribution < -0.4 is 4.90 Å². The van der Waals surface area contributed by atoms with E-state index in [2.05, 4.69) is 28.7 Å². The molecule has 0 unspecified atom stereocenters. The highest BCUT2D eigenvalue weighted by molar-refractivity contribution is 7.99. The second-order valence-electron chi connectivity index (χ2n) is 6.32. The number of hydrogen-bond donors (Lipinski definition) is 0. The number of halogens is 2. The van der Waals surface area contributed by atoms with Gasteiger partial charge in [0.25, 0.3) is 0 Å². The van der Waals surface area contributed by atoms with Gasteiger partial charge < -0.3 is 4.90 Å². The van der Waals surface area contributed by atoms with Crippen molar-refractivity contribution in [1.82, 2.24) is 9.97 Å². The molecule has 3 rings (SSSR count). The highest BCUT2D eigenvalue weighted by Gasteiger charge is 2.35. The molecule has 116 valence electrons. The maximum Gasteiger partial charge on any atom is 0.147 e. The molecule has 0 bridgehead atoms. The fraction of sp³-hybridized carbons (Fsp3) is 0.375. The van der Waals surface area contributed by atoms with E-state index < -0.39 is 0 Å². The van der Waals surface area contributed by atoms with Gasteiger partial charge in [0.1, 0.15) is 10.8 Å². The van der Waals surface area contributed by atoms with E-state index in [4.69, 9.17) is 23.2 Å². The Hall–Kier alpha value is -0.970. The van der Waals surface area contributed by atoms with Crippen LogP contribution in [-0.4, -0.2) is 23.1 Å². The molecule has 0 spiro atoms. The topological polar surface area (TPSA) is 29.0 Å². The Morgan fingerprint density at radius 2 is 1.91 bits per heavy atom.